The maximum atomic E-state index is 13.2. The molecule has 2 amide bonds. The van der Waals surface area contributed by atoms with E-state index in [1.807, 2.05) is 27.7 Å². The highest BCUT2D eigenvalue weighted by Gasteiger charge is 2.39. The first-order valence-electron chi connectivity index (χ1n) is 10.7. The number of rotatable bonds is 3. The van der Waals surface area contributed by atoms with E-state index in [0.29, 0.717) is 5.92 Å². The molecule has 1 aliphatic carbocycles. The van der Waals surface area contributed by atoms with Crippen LogP contribution >= 0.6 is 0 Å². The average molecular weight is 373 g/mol. The van der Waals surface area contributed by atoms with Crippen LogP contribution in [0.15, 0.2) is 12.4 Å². The van der Waals surface area contributed by atoms with E-state index in [1.165, 1.54) is 12.0 Å². The number of amides is 2. The summed E-state index contributed by atoms with van der Waals surface area (Å²) >= 11 is 0. The number of carbonyl (C=O) groups is 2. The molecular weight excluding hydrogens is 340 g/mol. The van der Waals surface area contributed by atoms with E-state index in [2.05, 4.69) is 11.3 Å². The van der Waals surface area contributed by atoms with Crippen LogP contribution in [0.2, 0.25) is 0 Å². The first-order chi connectivity index (χ1) is 13.1. The van der Waals surface area contributed by atoms with Gasteiger partial charge in [-0.05, 0) is 50.0 Å². The Morgan fingerprint density at radius 1 is 0.926 bits per heavy atom. The van der Waals surface area contributed by atoms with Crippen molar-refractivity contribution in [3.63, 3.8) is 0 Å². The van der Waals surface area contributed by atoms with E-state index in [-0.39, 0.29) is 23.8 Å². The summed E-state index contributed by atoms with van der Waals surface area (Å²) < 4.78 is 1.85. The lowest BCUT2D eigenvalue weighted by atomic mass is 9.88. The van der Waals surface area contributed by atoms with Gasteiger partial charge in [0.2, 0.25) is 11.8 Å². The molecule has 2 saturated heterocycles. The molecule has 27 heavy (non-hydrogen) atoms. The number of aryl methyl sites for hydroxylation is 1. The summed E-state index contributed by atoms with van der Waals surface area (Å²) in [5.41, 5.74) is 1.28. The van der Waals surface area contributed by atoms with Gasteiger partial charge >= 0.3 is 0 Å². The van der Waals surface area contributed by atoms with Crippen molar-refractivity contribution in [1.82, 2.24) is 19.6 Å². The fraction of sp³-hybridized carbons (Fsp3) is 0.762. The number of likely N-dealkylation sites (tertiary alicyclic amines) is 2. The van der Waals surface area contributed by atoms with Crippen molar-refractivity contribution in [2.45, 2.75) is 69.7 Å². The second-order valence-corrected chi connectivity index (χ2v) is 8.57. The molecule has 3 fully saturated rings. The summed E-state index contributed by atoms with van der Waals surface area (Å²) in [5.74, 6) is 1.08. The van der Waals surface area contributed by atoms with Gasteiger partial charge in [0.05, 0.1) is 6.20 Å². The molecule has 3 heterocycles. The summed E-state index contributed by atoms with van der Waals surface area (Å²) in [4.78, 5) is 30.1. The highest BCUT2D eigenvalue weighted by molar-refractivity contribution is 5.89. The molecule has 0 spiro atoms. The molecule has 1 saturated carbocycles. The molecular formula is C21H32N4O2. The predicted molar refractivity (Wildman–Crippen MR) is 103 cm³/mol. The molecule has 6 nitrogen and oxygen atoms in total. The number of aromatic nitrogens is 2. The zero-order valence-corrected chi connectivity index (χ0v) is 16.5. The predicted octanol–water partition coefficient (Wildman–Crippen LogP) is 2.70. The average Bonchev–Trinajstić information content (AvgIpc) is 3.37. The van der Waals surface area contributed by atoms with Crippen LogP contribution in [0.5, 0.6) is 0 Å². The number of nitrogens with zero attached hydrogens (tertiary/aromatic N) is 4. The van der Waals surface area contributed by atoms with E-state index in [0.717, 1.165) is 71.0 Å². The molecule has 0 radical (unpaired) electrons. The zero-order chi connectivity index (χ0) is 18.8. The lowest BCUT2D eigenvalue weighted by molar-refractivity contribution is -0.147. The highest BCUT2D eigenvalue weighted by Crippen LogP contribution is 2.31. The van der Waals surface area contributed by atoms with Gasteiger partial charge in [0, 0.05) is 38.8 Å². The van der Waals surface area contributed by atoms with Crippen molar-refractivity contribution in [3.8, 4) is 0 Å². The molecule has 1 aromatic heterocycles. The number of piperidine rings is 1. The fourth-order valence-corrected chi connectivity index (χ4v) is 5.17. The second kappa shape index (κ2) is 8.03. The molecule has 148 valence electrons. The van der Waals surface area contributed by atoms with Gasteiger partial charge in [-0.15, -0.1) is 0 Å². The van der Waals surface area contributed by atoms with Crippen molar-refractivity contribution in [2.75, 3.05) is 19.6 Å². The molecule has 0 bridgehead atoms. The van der Waals surface area contributed by atoms with Crippen LogP contribution in [0.1, 0.15) is 69.3 Å². The van der Waals surface area contributed by atoms with Crippen molar-refractivity contribution >= 4 is 11.8 Å². The van der Waals surface area contributed by atoms with Gasteiger partial charge < -0.3 is 9.80 Å². The summed E-state index contributed by atoms with van der Waals surface area (Å²) in [6.07, 6.45) is 13.4. The summed E-state index contributed by atoms with van der Waals surface area (Å²) in [6, 6.07) is -0.214. The minimum Gasteiger partial charge on any atom is -0.341 e. The summed E-state index contributed by atoms with van der Waals surface area (Å²) in [5, 5.41) is 4.27. The Labute approximate surface area is 161 Å². The van der Waals surface area contributed by atoms with Gasteiger partial charge in [-0.25, -0.2) is 0 Å². The van der Waals surface area contributed by atoms with Crippen molar-refractivity contribution in [1.29, 1.82) is 0 Å². The fourth-order valence-electron chi connectivity index (χ4n) is 5.17. The quantitative estimate of drug-likeness (QED) is 0.820. The Bertz CT molecular complexity index is 671. The SMILES string of the molecule is Cn1cc(C2CCN(C(=O)C3CCCN3C(=O)C3CCCCC3)CC2)cn1. The lowest BCUT2D eigenvalue weighted by Gasteiger charge is -2.36. The van der Waals surface area contributed by atoms with Crippen LogP contribution < -0.4 is 0 Å². The normalized spacial score (nSPS) is 25.1. The highest BCUT2D eigenvalue weighted by atomic mass is 16.2. The minimum atomic E-state index is -0.214. The van der Waals surface area contributed by atoms with E-state index in [9.17, 15) is 9.59 Å². The smallest absolute Gasteiger partial charge is 0.245 e. The summed E-state index contributed by atoms with van der Waals surface area (Å²) in [7, 11) is 1.94. The van der Waals surface area contributed by atoms with Crippen LogP contribution in [-0.2, 0) is 16.6 Å². The molecule has 0 aromatic carbocycles. The Morgan fingerprint density at radius 3 is 2.33 bits per heavy atom. The first-order valence-corrected chi connectivity index (χ1v) is 10.7. The maximum absolute atomic E-state index is 13.2. The second-order valence-electron chi connectivity index (χ2n) is 8.57. The first kappa shape index (κ1) is 18.5. The standard InChI is InChI=1S/C21H32N4O2/c1-23-15-18(14-22-23)16-9-12-24(13-10-16)21(27)19-8-5-11-25(19)20(26)17-6-3-2-4-7-17/h14-17,19H,2-13H2,1H3. The molecule has 2 aliphatic heterocycles. The van der Waals surface area contributed by atoms with Gasteiger partial charge in [0.25, 0.3) is 0 Å². The Morgan fingerprint density at radius 2 is 1.67 bits per heavy atom. The lowest BCUT2D eigenvalue weighted by Crippen LogP contribution is -2.51. The summed E-state index contributed by atoms with van der Waals surface area (Å²) in [6.45, 7) is 2.35. The van der Waals surface area contributed by atoms with Crippen LogP contribution in [0.3, 0.4) is 0 Å². The molecule has 3 aliphatic rings. The van der Waals surface area contributed by atoms with Crippen molar-refractivity contribution in [3.05, 3.63) is 18.0 Å². The zero-order valence-electron chi connectivity index (χ0n) is 16.5. The van der Waals surface area contributed by atoms with E-state index in [1.54, 1.807) is 0 Å². The molecule has 4 rings (SSSR count). The maximum Gasteiger partial charge on any atom is 0.245 e. The van der Waals surface area contributed by atoms with Crippen LogP contribution in [-0.4, -0.2) is 57.1 Å². The van der Waals surface area contributed by atoms with Gasteiger partial charge in [-0.3, -0.25) is 14.3 Å². The molecule has 1 aromatic rings. The Hall–Kier alpha value is -1.85. The topological polar surface area (TPSA) is 58.4 Å². The van der Waals surface area contributed by atoms with Crippen LogP contribution in [0.25, 0.3) is 0 Å². The van der Waals surface area contributed by atoms with E-state index >= 15 is 0 Å². The van der Waals surface area contributed by atoms with Gasteiger partial charge in [-0.1, -0.05) is 19.3 Å². The van der Waals surface area contributed by atoms with Crippen molar-refractivity contribution < 1.29 is 9.59 Å². The van der Waals surface area contributed by atoms with Gasteiger partial charge in [-0.2, -0.15) is 5.10 Å². The van der Waals surface area contributed by atoms with Crippen molar-refractivity contribution in [2.24, 2.45) is 13.0 Å². The number of hydrogen-bond donors (Lipinski definition) is 0. The van der Waals surface area contributed by atoms with Gasteiger partial charge in [0.15, 0.2) is 0 Å². The molecule has 0 N–H and O–H groups in total. The number of carbonyl (C=O) groups excluding carboxylic acids is 2. The van der Waals surface area contributed by atoms with Crippen LogP contribution in [0.4, 0.5) is 0 Å². The Balaban J connectivity index is 1.35. The van der Waals surface area contributed by atoms with Crippen LogP contribution in [0, 0.1) is 5.92 Å². The third-order valence-corrected chi connectivity index (χ3v) is 6.78. The number of hydrogen-bond acceptors (Lipinski definition) is 3. The molecule has 6 heteroatoms. The molecule has 1 unspecified atom stereocenters. The third kappa shape index (κ3) is 3.90. The largest absolute Gasteiger partial charge is 0.341 e. The van der Waals surface area contributed by atoms with E-state index in [4.69, 9.17) is 0 Å². The third-order valence-electron chi connectivity index (χ3n) is 6.78. The minimum absolute atomic E-state index is 0.156. The van der Waals surface area contributed by atoms with Gasteiger partial charge in [0.1, 0.15) is 6.04 Å². The molecule has 1 atom stereocenters. The Kier molecular flexibility index (Phi) is 5.50. The van der Waals surface area contributed by atoms with E-state index < -0.39 is 0 Å². The monoisotopic (exact) mass is 372 g/mol.